The van der Waals surface area contributed by atoms with Gasteiger partial charge in [-0.25, -0.2) is 0 Å². The summed E-state index contributed by atoms with van der Waals surface area (Å²) in [6.45, 7) is 0. The molecule has 1 amide bonds. The van der Waals surface area contributed by atoms with Crippen LogP contribution in [0.4, 0.5) is 5.69 Å². The largest absolute Gasteiger partial charge is 0.324 e. The van der Waals surface area contributed by atoms with Gasteiger partial charge in [-0.1, -0.05) is 24.3 Å². The minimum Gasteiger partial charge on any atom is -0.324 e. The topological polar surface area (TPSA) is 55.1 Å². The number of carbonyl (C=O) groups excluding carboxylic acids is 1. The Labute approximate surface area is 116 Å². The highest BCUT2D eigenvalue weighted by molar-refractivity contribution is 7.13. The first-order valence-corrected chi connectivity index (χ1v) is 7.30. The summed E-state index contributed by atoms with van der Waals surface area (Å²) in [6.07, 6.45) is 2.59. The fourth-order valence-corrected chi connectivity index (χ4v) is 3.04. The summed E-state index contributed by atoms with van der Waals surface area (Å²) >= 11 is 1.66. The Kier molecular flexibility index (Phi) is 3.12. The van der Waals surface area contributed by atoms with Crippen molar-refractivity contribution in [3.8, 4) is 10.4 Å². The molecule has 1 heterocycles. The molecule has 0 radical (unpaired) electrons. The van der Waals surface area contributed by atoms with Crippen LogP contribution in [0, 0.1) is 0 Å². The number of hydrogen-bond donors (Lipinski definition) is 2. The molecule has 0 unspecified atom stereocenters. The first kappa shape index (κ1) is 12.4. The molecule has 0 bridgehead atoms. The van der Waals surface area contributed by atoms with Crippen LogP contribution >= 0.6 is 11.3 Å². The predicted octanol–water partition coefficient (Wildman–Crippen LogP) is 3.24. The number of carbonyl (C=O) groups is 1. The summed E-state index contributed by atoms with van der Waals surface area (Å²) in [5, 5.41) is 5.02. The maximum absolute atomic E-state index is 12.2. The lowest BCUT2D eigenvalue weighted by Crippen LogP contribution is -2.56. The minimum absolute atomic E-state index is 0.0669. The standard InChI is InChI=1S/C15H16N2OS/c16-15(8-4-9-15)14(18)17-12-6-2-1-5-11(12)13-7-3-10-19-13/h1-3,5-7,10H,4,8-9,16H2,(H,17,18). The Morgan fingerprint density at radius 3 is 2.63 bits per heavy atom. The highest BCUT2D eigenvalue weighted by Gasteiger charge is 2.40. The summed E-state index contributed by atoms with van der Waals surface area (Å²) in [7, 11) is 0. The van der Waals surface area contributed by atoms with Crippen molar-refractivity contribution in [2.45, 2.75) is 24.8 Å². The molecule has 2 aromatic rings. The Bertz CT molecular complexity index is 588. The van der Waals surface area contributed by atoms with Crippen molar-refractivity contribution in [1.82, 2.24) is 0 Å². The number of benzene rings is 1. The Hall–Kier alpha value is -1.65. The van der Waals surface area contributed by atoms with Crippen molar-refractivity contribution in [3.05, 3.63) is 41.8 Å². The highest BCUT2D eigenvalue weighted by Crippen LogP contribution is 2.34. The molecule has 1 aliphatic carbocycles. The van der Waals surface area contributed by atoms with Crippen molar-refractivity contribution in [2.75, 3.05) is 5.32 Å². The van der Waals surface area contributed by atoms with Crippen LogP contribution in [-0.2, 0) is 4.79 Å². The Balaban J connectivity index is 1.87. The Morgan fingerprint density at radius 1 is 1.21 bits per heavy atom. The second-order valence-electron chi connectivity index (χ2n) is 4.99. The van der Waals surface area contributed by atoms with Gasteiger partial charge in [-0.3, -0.25) is 4.79 Å². The number of thiophene rings is 1. The summed E-state index contributed by atoms with van der Waals surface area (Å²) < 4.78 is 0. The normalized spacial score (nSPS) is 16.7. The van der Waals surface area contributed by atoms with Crippen molar-refractivity contribution >= 4 is 22.9 Å². The van der Waals surface area contributed by atoms with Gasteiger partial charge < -0.3 is 11.1 Å². The number of hydrogen-bond acceptors (Lipinski definition) is 3. The van der Waals surface area contributed by atoms with Crippen LogP contribution < -0.4 is 11.1 Å². The van der Waals surface area contributed by atoms with Gasteiger partial charge in [0, 0.05) is 16.1 Å². The van der Waals surface area contributed by atoms with Crippen LogP contribution in [0.15, 0.2) is 41.8 Å². The van der Waals surface area contributed by atoms with Gasteiger partial charge in [0.1, 0.15) is 0 Å². The number of nitrogens with two attached hydrogens (primary N) is 1. The number of para-hydroxylation sites is 1. The van der Waals surface area contributed by atoms with E-state index in [0.717, 1.165) is 35.4 Å². The van der Waals surface area contributed by atoms with Gasteiger partial charge in [0.15, 0.2) is 0 Å². The molecule has 1 saturated carbocycles. The van der Waals surface area contributed by atoms with Gasteiger partial charge in [-0.15, -0.1) is 11.3 Å². The van der Waals surface area contributed by atoms with Gasteiger partial charge in [-0.05, 0) is 36.8 Å². The second kappa shape index (κ2) is 4.79. The lowest BCUT2D eigenvalue weighted by Gasteiger charge is -2.36. The van der Waals surface area contributed by atoms with E-state index in [1.807, 2.05) is 35.7 Å². The zero-order valence-electron chi connectivity index (χ0n) is 10.6. The number of nitrogens with one attached hydrogen (secondary N) is 1. The average Bonchev–Trinajstić information content (AvgIpc) is 2.90. The summed E-state index contributed by atoms with van der Waals surface area (Å²) in [4.78, 5) is 13.4. The van der Waals surface area contributed by atoms with Gasteiger partial charge in [0.05, 0.1) is 5.54 Å². The quantitative estimate of drug-likeness (QED) is 0.901. The molecule has 3 nitrogen and oxygen atoms in total. The van der Waals surface area contributed by atoms with Crippen molar-refractivity contribution in [3.63, 3.8) is 0 Å². The van der Waals surface area contributed by atoms with Crippen LogP contribution in [0.25, 0.3) is 10.4 Å². The zero-order chi connectivity index (χ0) is 13.3. The monoisotopic (exact) mass is 272 g/mol. The molecule has 3 rings (SSSR count). The average molecular weight is 272 g/mol. The molecule has 1 fully saturated rings. The summed E-state index contributed by atoms with van der Waals surface area (Å²) in [5.41, 5.74) is 7.28. The minimum atomic E-state index is -0.664. The first-order valence-electron chi connectivity index (χ1n) is 6.42. The number of amides is 1. The molecule has 1 aromatic carbocycles. The maximum atomic E-state index is 12.2. The molecule has 1 aromatic heterocycles. The lowest BCUT2D eigenvalue weighted by atomic mass is 9.77. The SMILES string of the molecule is NC1(C(=O)Nc2ccccc2-c2cccs2)CCC1. The van der Waals surface area contributed by atoms with E-state index in [1.54, 1.807) is 11.3 Å². The van der Waals surface area contributed by atoms with E-state index in [0.29, 0.717) is 0 Å². The highest BCUT2D eigenvalue weighted by atomic mass is 32.1. The van der Waals surface area contributed by atoms with E-state index in [2.05, 4.69) is 11.4 Å². The van der Waals surface area contributed by atoms with Gasteiger partial charge >= 0.3 is 0 Å². The van der Waals surface area contributed by atoms with Gasteiger partial charge in [0.25, 0.3) is 0 Å². The van der Waals surface area contributed by atoms with Crippen molar-refractivity contribution in [1.29, 1.82) is 0 Å². The third-order valence-electron chi connectivity index (χ3n) is 3.66. The maximum Gasteiger partial charge on any atom is 0.244 e. The van der Waals surface area contributed by atoms with E-state index in [1.165, 1.54) is 0 Å². The lowest BCUT2D eigenvalue weighted by molar-refractivity contribution is -0.123. The molecule has 0 aliphatic heterocycles. The molecule has 19 heavy (non-hydrogen) atoms. The molecule has 98 valence electrons. The third-order valence-corrected chi connectivity index (χ3v) is 4.56. The molecule has 4 heteroatoms. The predicted molar refractivity (Wildman–Crippen MR) is 79.2 cm³/mol. The fraction of sp³-hybridized carbons (Fsp3) is 0.267. The van der Waals surface area contributed by atoms with E-state index in [4.69, 9.17) is 5.73 Å². The number of anilines is 1. The van der Waals surface area contributed by atoms with E-state index in [9.17, 15) is 4.79 Å². The molecular formula is C15H16N2OS. The van der Waals surface area contributed by atoms with Crippen molar-refractivity contribution < 1.29 is 4.79 Å². The second-order valence-corrected chi connectivity index (χ2v) is 5.93. The molecule has 0 atom stereocenters. The van der Waals surface area contributed by atoms with Crippen LogP contribution in [0.5, 0.6) is 0 Å². The zero-order valence-corrected chi connectivity index (χ0v) is 11.4. The van der Waals surface area contributed by atoms with E-state index >= 15 is 0 Å². The smallest absolute Gasteiger partial charge is 0.244 e. The Morgan fingerprint density at radius 2 is 2.00 bits per heavy atom. The van der Waals surface area contributed by atoms with Crippen LogP contribution in [0.3, 0.4) is 0 Å². The summed E-state index contributed by atoms with van der Waals surface area (Å²) in [6, 6.07) is 11.9. The molecule has 0 saturated heterocycles. The van der Waals surface area contributed by atoms with Crippen molar-refractivity contribution in [2.24, 2.45) is 5.73 Å². The van der Waals surface area contributed by atoms with Crippen LogP contribution in [-0.4, -0.2) is 11.4 Å². The van der Waals surface area contributed by atoms with E-state index < -0.39 is 5.54 Å². The molecule has 1 aliphatic rings. The molecule has 0 spiro atoms. The third kappa shape index (κ3) is 2.29. The fourth-order valence-electron chi connectivity index (χ4n) is 2.27. The van der Waals surface area contributed by atoms with Crippen LogP contribution in [0.2, 0.25) is 0 Å². The van der Waals surface area contributed by atoms with E-state index in [-0.39, 0.29) is 5.91 Å². The summed E-state index contributed by atoms with van der Waals surface area (Å²) in [5.74, 6) is -0.0669. The molecular weight excluding hydrogens is 256 g/mol. The van der Waals surface area contributed by atoms with Gasteiger partial charge in [-0.2, -0.15) is 0 Å². The van der Waals surface area contributed by atoms with Gasteiger partial charge in [0.2, 0.25) is 5.91 Å². The number of rotatable bonds is 3. The molecule has 3 N–H and O–H groups in total. The first-order chi connectivity index (χ1) is 9.19. The van der Waals surface area contributed by atoms with Crippen LogP contribution in [0.1, 0.15) is 19.3 Å².